The number of ether oxygens (including phenoxy) is 1. The molecule has 1 saturated carbocycles. The van der Waals surface area contributed by atoms with Crippen LogP contribution in [0, 0.1) is 5.92 Å². The normalized spacial score (nSPS) is 20.1. The van der Waals surface area contributed by atoms with E-state index in [9.17, 15) is 9.59 Å². The van der Waals surface area contributed by atoms with Crippen LogP contribution in [0.15, 0.2) is 17.5 Å². The molecule has 0 bridgehead atoms. The van der Waals surface area contributed by atoms with Crippen LogP contribution in [-0.4, -0.2) is 43.0 Å². The summed E-state index contributed by atoms with van der Waals surface area (Å²) in [6.07, 6.45) is 5.40. The van der Waals surface area contributed by atoms with Gasteiger partial charge in [-0.3, -0.25) is 9.59 Å². The monoisotopic (exact) mass is 350 g/mol. The van der Waals surface area contributed by atoms with Gasteiger partial charge in [-0.1, -0.05) is 18.9 Å². The van der Waals surface area contributed by atoms with Crippen molar-refractivity contribution in [3.8, 4) is 0 Å². The number of thiophene rings is 1. The summed E-state index contributed by atoms with van der Waals surface area (Å²) in [5.41, 5.74) is 0. The van der Waals surface area contributed by atoms with Crippen molar-refractivity contribution in [2.45, 2.75) is 44.6 Å². The summed E-state index contributed by atoms with van der Waals surface area (Å²) in [5.74, 6) is 0.575. The van der Waals surface area contributed by atoms with E-state index >= 15 is 0 Å². The third-order valence-corrected chi connectivity index (χ3v) is 5.92. The second-order valence-corrected chi connectivity index (χ2v) is 7.58. The molecule has 1 atom stereocenters. The molecule has 6 heteroatoms. The lowest BCUT2D eigenvalue weighted by molar-refractivity contribution is -0.137. The standard InChI is InChI=1S/C18H26N2O3S/c21-16(7-8-17(22)20-9-11-23-12-10-20)19-18(14-4-1-2-5-14)15-6-3-13-24-15/h3,6,13-14,18H,1-2,4-5,7-12H2,(H,19,21)/t18-/m0/s1. The zero-order valence-electron chi connectivity index (χ0n) is 14.0. The summed E-state index contributed by atoms with van der Waals surface area (Å²) in [7, 11) is 0. The average Bonchev–Trinajstić information content (AvgIpc) is 3.32. The van der Waals surface area contributed by atoms with Gasteiger partial charge in [-0.25, -0.2) is 0 Å². The van der Waals surface area contributed by atoms with E-state index in [2.05, 4.69) is 16.8 Å². The van der Waals surface area contributed by atoms with Crippen LogP contribution in [0.2, 0.25) is 0 Å². The van der Waals surface area contributed by atoms with E-state index in [1.165, 1.54) is 30.6 Å². The number of morpholine rings is 1. The second kappa shape index (κ2) is 8.62. The molecule has 2 amide bonds. The van der Waals surface area contributed by atoms with E-state index < -0.39 is 0 Å². The molecular weight excluding hydrogens is 324 g/mol. The van der Waals surface area contributed by atoms with Gasteiger partial charge in [0.15, 0.2) is 0 Å². The fourth-order valence-corrected chi connectivity index (χ4v) is 4.49. The molecule has 1 aliphatic carbocycles. The van der Waals surface area contributed by atoms with E-state index in [4.69, 9.17) is 4.74 Å². The summed E-state index contributed by atoms with van der Waals surface area (Å²) in [4.78, 5) is 27.6. The molecule has 1 aliphatic heterocycles. The molecule has 0 spiro atoms. The van der Waals surface area contributed by atoms with Crippen molar-refractivity contribution in [3.05, 3.63) is 22.4 Å². The molecule has 1 aromatic heterocycles. The molecule has 3 rings (SSSR count). The van der Waals surface area contributed by atoms with Crippen LogP contribution in [-0.2, 0) is 14.3 Å². The maximum atomic E-state index is 12.4. The summed E-state index contributed by atoms with van der Waals surface area (Å²) in [5, 5.41) is 5.26. The molecule has 1 saturated heterocycles. The van der Waals surface area contributed by atoms with Gasteiger partial charge in [0.25, 0.3) is 0 Å². The Kier molecular flexibility index (Phi) is 6.26. The molecule has 0 radical (unpaired) electrons. The lowest BCUT2D eigenvalue weighted by Gasteiger charge is -2.27. The summed E-state index contributed by atoms with van der Waals surface area (Å²) in [6.45, 7) is 2.47. The van der Waals surface area contributed by atoms with Crippen LogP contribution < -0.4 is 5.32 Å². The minimum Gasteiger partial charge on any atom is -0.378 e. The van der Waals surface area contributed by atoms with Crippen molar-refractivity contribution in [1.82, 2.24) is 10.2 Å². The molecule has 0 aromatic carbocycles. The Morgan fingerprint density at radius 1 is 1.25 bits per heavy atom. The van der Waals surface area contributed by atoms with Gasteiger partial charge in [0.1, 0.15) is 0 Å². The SMILES string of the molecule is O=C(CCC(=O)N1CCOCC1)N[C@H](c1cccs1)C1CCCC1. The number of nitrogens with zero attached hydrogens (tertiary/aromatic N) is 1. The molecule has 2 aliphatic rings. The van der Waals surface area contributed by atoms with Gasteiger partial charge in [0.2, 0.25) is 11.8 Å². The number of carbonyl (C=O) groups excluding carboxylic acids is 2. The Morgan fingerprint density at radius 3 is 2.67 bits per heavy atom. The quantitative estimate of drug-likeness (QED) is 0.858. The summed E-state index contributed by atoms with van der Waals surface area (Å²) >= 11 is 1.70. The van der Waals surface area contributed by atoms with Crippen molar-refractivity contribution in [2.24, 2.45) is 5.92 Å². The van der Waals surface area contributed by atoms with Crippen LogP contribution in [0.4, 0.5) is 0 Å². The predicted octanol–water partition coefficient (Wildman–Crippen LogP) is 2.73. The highest BCUT2D eigenvalue weighted by molar-refractivity contribution is 7.10. The number of amides is 2. The molecule has 2 heterocycles. The first-order chi connectivity index (χ1) is 11.7. The van der Waals surface area contributed by atoms with Crippen molar-refractivity contribution in [3.63, 3.8) is 0 Å². The molecule has 132 valence electrons. The molecule has 5 nitrogen and oxygen atoms in total. The number of hydrogen-bond acceptors (Lipinski definition) is 4. The minimum atomic E-state index is -0.0121. The Labute approximate surface area is 147 Å². The van der Waals surface area contributed by atoms with Gasteiger partial charge in [-0.05, 0) is 30.2 Å². The first kappa shape index (κ1) is 17.4. The first-order valence-corrected chi connectivity index (χ1v) is 9.80. The molecule has 2 fully saturated rings. The Hall–Kier alpha value is -1.40. The van der Waals surface area contributed by atoms with Gasteiger partial charge in [-0.15, -0.1) is 11.3 Å². The summed E-state index contributed by atoms with van der Waals surface area (Å²) in [6, 6.07) is 4.25. The molecule has 1 aromatic rings. The van der Waals surface area contributed by atoms with E-state index in [0.29, 0.717) is 32.2 Å². The number of hydrogen-bond donors (Lipinski definition) is 1. The number of nitrogens with one attached hydrogen (secondary N) is 1. The van der Waals surface area contributed by atoms with Gasteiger partial charge in [0, 0.05) is 30.8 Å². The first-order valence-electron chi connectivity index (χ1n) is 8.92. The minimum absolute atomic E-state index is 0.0121. The van der Waals surface area contributed by atoms with Crippen LogP contribution >= 0.6 is 11.3 Å². The lowest BCUT2D eigenvalue weighted by Crippen LogP contribution is -2.41. The van der Waals surface area contributed by atoms with Crippen LogP contribution in [0.25, 0.3) is 0 Å². The highest BCUT2D eigenvalue weighted by Gasteiger charge is 2.28. The van der Waals surface area contributed by atoms with E-state index in [0.717, 1.165) is 0 Å². The fraction of sp³-hybridized carbons (Fsp3) is 0.667. The molecule has 0 unspecified atom stereocenters. The summed E-state index contributed by atoms with van der Waals surface area (Å²) < 4.78 is 5.25. The Balaban J connectivity index is 1.50. The van der Waals surface area contributed by atoms with E-state index in [-0.39, 0.29) is 30.7 Å². The molecule has 24 heavy (non-hydrogen) atoms. The third kappa shape index (κ3) is 4.57. The zero-order chi connectivity index (χ0) is 16.8. The van der Waals surface area contributed by atoms with Crippen molar-refractivity contribution in [2.75, 3.05) is 26.3 Å². The zero-order valence-corrected chi connectivity index (χ0v) is 14.9. The van der Waals surface area contributed by atoms with Crippen molar-refractivity contribution < 1.29 is 14.3 Å². The predicted molar refractivity (Wildman–Crippen MR) is 93.8 cm³/mol. The average molecular weight is 350 g/mol. The lowest BCUT2D eigenvalue weighted by atomic mass is 9.96. The highest BCUT2D eigenvalue weighted by Crippen LogP contribution is 2.37. The number of carbonyl (C=O) groups is 2. The largest absolute Gasteiger partial charge is 0.378 e. The van der Waals surface area contributed by atoms with Gasteiger partial charge in [0.05, 0.1) is 19.3 Å². The smallest absolute Gasteiger partial charge is 0.223 e. The van der Waals surface area contributed by atoms with Crippen LogP contribution in [0.3, 0.4) is 0 Å². The maximum absolute atomic E-state index is 12.4. The van der Waals surface area contributed by atoms with Gasteiger partial charge in [-0.2, -0.15) is 0 Å². The Morgan fingerprint density at radius 2 is 2.00 bits per heavy atom. The Bertz CT molecular complexity index is 534. The van der Waals surface area contributed by atoms with Crippen LogP contribution in [0.1, 0.15) is 49.4 Å². The third-order valence-electron chi connectivity index (χ3n) is 4.97. The van der Waals surface area contributed by atoms with Gasteiger partial charge < -0.3 is 15.0 Å². The van der Waals surface area contributed by atoms with E-state index in [1.54, 1.807) is 16.2 Å². The van der Waals surface area contributed by atoms with Gasteiger partial charge >= 0.3 is 0 Å². The molecular formula is C18H26N2O3S. The number of rotatable bonds is 6. The van der Waals surface area contributed by atoms with Crippen molar-refractivity contribution in [1.29, 1.82) is 0 Å². The fourth-order valence-electron chi connectivity index (χ4n) is 3.62. The topological polar surface area (TPSA) is 58.6 Å². The molecule has 1 N–H and O–H groups in total. The van der Waals surface area contributed by atoms with E-state index in [1.807, 2.05) is 6.07 Å². The maximum Gasteiger partial charge on any atom is 0.223 e. The van der Waals surface area contributed by atoms with Crippen molar-refractivity contribution >= 4 is 23.2 Å². The highest BCUT2D eigenvalue weighted by atomic mass is 32.1. The van der Waals surface area contributed by atoms with Crippen LogP contribution in [0.5, 0.6) is 0 Å². The second-order valence-electron chi connectivity index (χ2n) is 6.60.